The Morgan fingerprint density at radius 3 is 2.48 bits per heavy atom. The second-order valence-electron chi connectivity index (χ2n) is 8.22. The zero-order valence-corrected chi connectivity index (χ0v) is 18.1. The monoisotopic (exact) mass is 425 g/mol. The van der Waals surface area contributed by atoms with E-state index in [1.807, 2.05) is 13.0 Å². The minimum atomic E-state index is -0.376. The number of unbranched alkanes of at least 4 members (excludes halogenated alkanes) is 1. The number of hydrogen-bond acceptors (Lipinski definition) is 5. The number of oxazole rings is 1. The predicted molar refractivity (Wildman–Crippen MR) is 120 cm³/mol. The Balaban J connectivity index is 1.27. The van der Waals surface area contributed by atoms with Gasteiger partial charge in [0.1, 0.15) is 5.82 Å². The summed E-state index contributed by atoms with van der Waals surface area (Å²) in [6.45, 7) is 8.82. The molecule has 0 unspecified atom stereocenters. The average Bonchev–Trinajstić information content (AvgIpc) is 3.06. The second kappa shape index (κ2) is 9.06. The average molecular weight is 426 g/mol. The molecule has 0 spiro atoms. The van der Waals surface area contributed by atoms with Crippen LogP contribution >= 0.6 is 0 Å². The Bertz CT molecular complexity index is 1140. The van der Waals surface area contributed by atoms with Crippen LogP contribution in [0.15, 0.2) is 45.6 Å². The number of aromatic nitrogens is 1. The molecule has 0 saturated carbocycles. The van der Waals surface area contributed by atoms with E-state index in [2.05, 4.69) is 9.80 Å². The normalized spacial score (nSPS) is 15.0. The molecule has 0 radical (unpaired) electrons. The van der Waals surface area contributed by atoms with Crippen molar-refractivity contribution in [1.82, 2.24) is 9.47 Å². The molecule has 7 heteroatoms. The van der Waals surface area contributed by atoms with Crippen molar-refractivity contribution >= 4 is 22.6 Å². The number of carbonyl (C=O) groups is 1. The van der Waals surface area contributed by atoms with E-state index < -0.39 is 0 Å². The third kappa shape index (κ3) is 4.71. The van der Waals surface area contributed by atoms with Gasteiger partial charge in [-0.05, 0) is 75.2 Å². The van der Waals surface area contributed by atoms with Gasteiger partial charge in [0.2, 0.25) is 0 Å². The topological polar surface area (TPSA) is 58.7 Å². The Morgan fingerprint density at radius 1 is 1.03 bits per heavy atom. The summed E-state index contributed by atoms with van der Waals surface area (Å²) >= 11 is 0. The number of nitrogens with zero attached hydrogens (tertiary/aromatic N) is 3. The summed E-state index contributed by atoms with van der Waals surface area (Å²) in [4.78, 5) is 28.5. The number of piperazine rings is 1. The first-order valence-electron chi connectivity index (χ1n) is 10.8. The highest BCUT2D eigenvalue weighted by molar-refractivity contribution is 5.96. The zero-order valence-electron chi connectivity index (χ0n) is 18.1. The zero-order chi connectivity index (χ0) is 22.0. The molecule has 1 aliphatic rings. The van der Waals surface area contributed by atoms with Crippen molar-refractivity contribution in [2.24, 2.45) is 0 Å². The molecule has 2 heterocycles. The molecule has 1 fully saturated rings. The van der Waals surface area contributed by atoms with Crippen LogP contribution in [-0.2, 0) is 6.54 Å². The van der Waals surface area contributed by atoms with Crippen LogP contribution in [0.1, 0.15) is 35.7 Å². The Kier molecular flexibility index (Phi) is 6.23. The van der Waals surface area contributed by atoms with Gasteiger partial charge in [0.25, 0.3) is 0 Å². The maximum atomic E-state index is 13.3. The first-order chi connectivity index (χ1) is 14.9. The highest BCUT2D eigenvalue weighted by Gasteiger charge is 2.18. The minimum absolute atomic E-state index is 0.0491. The molecule has 0 atom stereocenters. The third-order valence-electron chi connectivity index (χ3n) is 6.05. The van der Waals surface area contributed by atoms with E-state index in [-0.39, 0.29) is 17.4 Å². The van der Waals surface area contributed by atoms with Crippen molar-refractivity contribution < 1.29 is 13.6 Å². The fourth-order valence-corrected chi connectivity index (χ4v) is 4.29. The first-order valence-corrected chi connectivity index (χ1v) is 10.8. The maximum absolute atomic E-state index is 13.3. The highest BCUT2D eigenvalue weighted by atomic mass is 19.1. The quantitative estimate of drug-likeness (QED) is 0.425. The van der Waals surface area contributed by atoms with Gasteiger partial charge >= 0.3 is 5.76 Å². The van der Waals surface area contributed by atoms with Crippen LogP contribution in [0.5, 0.6) is 0 Å². The number of hydrogen-bond donors (Lipinski definition) is 0. The van der Waals surface area contributed by atoms with E-state index in [1.54, 1.807) is 28.8 Å². The van der Waals surface area contributed by atoms with E-state index in [1.165, 1.54) is 13.0 Å². The fraction of sp³-hybridized carbons (Fsp3) is 0.417. The molecule has 2 aromatic carbocycles. The van der Waals surface area contributed by atoms with Crippen molar-refractivity contribution in [2.75, 3.05) is 37.6 Å². The van der Waals surface area contributed by atoms with Gasteiger partial charge in [0.15, 0.2) is 11.4 Å². The molecule has 1 aliphatic heterocycles. The van der Waals surface area contributed by atoms with Crippen LogP contribution in [0.25, 0.3) is 11.1 Å². The number of ketones is 1. The number of anilines is 1. The molecule has 0 aliphatic carbocycles. The van der Waals surface area contributed by atoms with Gasteiger partial charge in [-0.15, -0.1) is 0 Å². The first kappa shape index (κ1) is 21.3. The number of benzene rings is 2. The molecule has 4 rings (SSSR count). The molecule has 164 valence electrons. The van der Waals surface area contributed by atoms with Crippen molar-refractivity contribution in [3.8, 4) is 0 Å². The summed E-state index contributed by atoms with van der Waals surface area (Å²) < 4.78 is 20.3. The third-order valence-corrected chi connectivity index (χ3v) is 6.05. The van der Waals surface area contributed by atoms with Crippen molar-refractivity contribution in [2.45, 2.75) is 33.2 Å². The van der Waals surface area contributed by atoms with Crippen LogP contribution in [0.4, 0.5) is 10.1 Å². The summed E-state index contributed by atoms with van der Waals surface area (Å²) in [6, 6.07) is 10.1. The van der Waals surface area contributed by atoms with E-state index in [9.17, 15) is 14.0 Å². The van der Waals surface area contributed by atoms with Crippen LogP contribution in [-0.4, -0.2) is 48.0 Å². The molecule has 6 nitrogen and oxygen atoms in total. The van der Waals surface area contributed by atoms with Crippen molar-refractivity contribution in [1.29, 1.82) is 0 Å². The van der Waals surface area contributed by atoms with Crippen molar-refractivity contribution in [3.05, 3.63) is 63.9 Å². The summed E-state index contributed by atoms with van der Waals surface area (Å²) in [5.41, 5.74) is 3.83. The lowest BCUT2D eigenvalue weighted by molar-refractivity contribution is 0.101. The molecule has 3 aromatic rings. The molecular formula is C24H28FN3O3. The van der Waals surface area contributed by atoms with Gasteiger partial charge in [-0.3, -0.25) is 14.3 Å². The Hall–Kier alpha value is -2.93. The Labute approximate surface area is 180 Å². The predicted octanol–water partition coefficient (Wildman–Crippen LogP) is 3.85. The molecule has 0 bridgehead atoms. The number of Topliss-reactive ketones (excluding diaryl/α,β-unsaturated/α-hetero) is 1. The number of halogens is 1. The van der Waals surface area contributed by atoms with Crippen LogP contribution in [0.2, 0.25) is 0 Å². The SMILES string of the molecule is CC(=O)c1ccc2c(c1)oc(=O)n2CCCCN1CCN(c2ccc(F)cc2C)CC1. The lowest BCUT2D eigenvalue weighted by atomic mass is 10.1. The lowest BCUT2D eigenvalue weighted by Crippen LogP contribution is -2.46. The number of aryl methyl sites for hydroxylation is 2. The van der Waals surface area contributed by atoms with E-state index in [0.29, 0.717) is 17.7 Å². The molecular weight excluding hydrogens is 397 g/mol. The number of carbonyl (C=O) groups excluding carboxylic acids is 1. The standard InChI is InChI=1S/C24H28FN3O3/c1-17-15-20(25)6-8-21(17)27-13-11-26(12-14-27)9-3-4-10-28-22-7-5-19(18(2)29)16-23(22)31-24(28)30/h5-8,15-16H,3-4,9-14H2,1-2H3. The van der Waals surface area contributed by atoms with Gasteiger partial charge < -0.3 is 9.32 Å². The van der Waals surface area contributed by atoms with Gasteiger partial charge in [-0.2, -0.15) is 0 Å². The highest BCUT2D eigenvalue weighted by Crippen LogP contribution is 2.22. The summed E-state index contributed by atoms with van der Waals surface area (Å²) in [5, 5.41) is 0. The maximum Gasteiger partial charge on any atom is 0.419 e. The van der Waals surface area contributed by atoms with Crippen LogP contribution < -0.4 is 10.7 Å². The molecule has 1 aromatic heterocycles. The lowest BCUT2D eigenvalue weighted by Gasteiger charge is -2.36. The molecule has 0 amide bonds. The van der Waals surface area contributed by atoms with E-state index in [4.69, 9.17) is 4.42 Å². The second-order valence-corrected chi connectivity index (χ2v) is 8.22. The summed E-state index contributed by atoms with van der Waals surface area (Å²) in [6.07, 6.45) is 1.86. The summed E-state index contributed by atoms with van der Waals surface area (Å²) in [7, 11) is 0. The van der Waals surface area contributed by atoms with Gasteiger partial charge in [0.05, 0.1) is 5.52 Å². The smallest absolute Gasteiger partial charge is 0.408 e. The molecule has 1 saturated heterocycles. The minimum Gasteiger partial charge on any atom is -0.408 e. The molecule has 31 heavy (non-hydrogen) atoms. The largest absolute Gasteiger partial charge is 0.419 e. The van der Waals surface area contributed by atoms with Crippen LogP contribution in [0.3, 0.4) is 0 Å². The Morgan fingerprint density at radius 2 is 1.77 bits per heavy atom. The summed E-state index contributed by atoms with van der Waals surface area (Å²) in [5.74, 6) is -0.616. The fourth-order valence-electron chi connectivity index (χ4n) is 4.29. The van der Waals surface area contributed by atoms with E-state index in [0.717, 1.165) is 62.3 Å². The van der Waals surface area contributed by atoms with Gasteiger partial charge in [0, 0.05) is 44.0 Å². The van der Waals surface area contributed by atoms with E-state index >= 15 is 0 Å². The number of fused-ring (bicyclic) bond motifs is 1. The number of rotatable bonds is 7. The molecule has 0 N–H and O–H groups in total. The van der Waals surface area contributed by atoms with Gasteiger partial charge in [-0.25, -0.2) is 9.18 Å². The van der Waals surface area contributed by atoms with Crippen molar-refractivity contribution in [3.63, 3.8) is 0 Å². The van der Waals surface area contributed by atoms with Gasteiger partial charge in [-0.1, -0.05) is 0 Å². The van der Waals surface area contributed by atoms with Crippen LogP contribution in [0, 0.1) is 12.7 Å².